The Morgan fingerprint density at radius 3 is 2.67 bits per heavy atom. The van der Waals surface area contributed by atoms with Gasteiger partial charge in [-0.2, -0.15) is 0 Å². The van der Waals surface area contributed by atoms with Crippen LogP contribution < -0.4 is 9.64 Å². The molecule has 4 rings (SSSR count). The van der Waals surface area contributed by atoms with E-state index in [1.165, 1.54) is 6.42 Å². The summed E-state index contributed by atoms with van der Waals surface area (Å²) in [4.78, 5) is 33.0. The lowest BCUT2D eigenvalue weighted by Gasteiger charge is -2.38. The third-order valence-corrected chi connectivity index (χ3v) is 7.10. The number of likely N-dealkylation sites (tertiary alicyclic amines) is 1. The molecule has 2 aliphatic heterocycles. The molecule has 1 fully saturated rings. The fourth-order valence-electron chi connectivity index (χ4n) is 4.11. The Hall–Kier alpha value is -2.54. The summed E-state index contributed by atoms with van der Waals surface area (Å²) in [6.45, 7) is 4.23. The van der Waals surface area contributed by atoms with Gasteiger partial charge in [-0.15, -0.1) is 11.3 Å². The van der Waals surface area contributed by atoms with E-state index >= 15 is 0 Å². The van der Waals surface area contributed by atoms with Crippen LogP contribution >= 0.6 is 11.3 Å². The summed E-state index contributed by atoms with van der Waals surface area (Å²) in [7, 11) is 1.84. The van der Waals surface area contributed by atoms with E-state index in [2.05, 4.69) is 6.07 Å². The van der Waals surface area contributed by atoms with Crippen molar-refractivity contribution in [3.05, 3.63) is 46.7 Å². The van der Waals surface area contributed by atoms with Gasteiger partial charge in [-0.3, -0.25) is 9.59 Å². The molecule has 7 heteroatoms. The second-order valence-electron chi connectivity index (χ2n) is 8.04. The molecule has 30 heavy (non-hydrogen) atoms. The van der Waals surface area contributed by atoms with Crippen LogP contribution in [0.2, 0.25) is 0 Å². The number of amides is 2. The van der Waals surface area contributed by atoms with Crippen LogP contribution in [0.1, 0.15) is 37.1 Å². The second-order valence-corrected chi connectivity index (χ2v) is 9.02. The SMILES string of the molecule is CC(c1cccs1)N(C)C(=O)CN1CC(C(=O)N2CCCCC2)Oc2ccccc21. The molecule has 2 aromatic rings. The highest BCUT2D eigenvalue weighted by Crippen LogP contribution is 2.34. The minimum absolute atomic E-state index is 0.0135. The summed E-state index contributed by atoms with van der Waals surface area (Å²) in [5.41, 5.74) is 0.866. The molecule has 6 nitrogen and oxygen atoms in total. The predicted molar refractivity (Wildman–Crippen MR) is 119 cm³/mol. The Balaban J connectivity index is 1.49. The van der Waals surface area contributed by atoms with Gasteiger partial charge in [0.05, 0.1) is 24.8 Å². The van der Waals surface area contributed by atoms with Gasteiger partial charge < -0.3 is 19.4 Å². The first kappa shape index (κ1) is 20.7. The Labute approximate surface area is 182 Å². The summed E-state index contributed by atoms with van der Waals surface area (Å²) >= 11 is 1.65. The van der Waals surface area contributed by atoms with Crippen LogP contribution in [0.25, 0.3) is 0 Å². The van der Waals surface area contributed by atoms with E-state index in [9.17, 15) is 9.59 Å². The van der Waals surface area contributed by atoms with Gasteiger partial charge in [-0.25, -0.2) is 0 Å². The number of nitrogens with zero attached hydrogens (tertiary/aromatic N) is 3. The third kappa shape index (κ3) is 4.31. The summed E-state index contributed by atoms with van der Waals surface area (Å²) in [6.07, 6.45) is 2.68. The molecule has 2 unspecified atom stereocenters. The van der Waals surface area contributed by atoms with Crippen LogP contribution in [0.5, 0.6) is 5.75 Å². The van der Waals surface area contributed by atoms with Crippen LogP contribution in [-0.4, -0.2) is 60.9 Å². The van der Waals surface area contributed by atoms with E-state index in [0.717, 1.165) is 36.5 Å². The zero-order valence-corrected chi connectivity index (χ0v) is 18.4. The number of thiophene rings is 1. The Bertz CT molecular complexity index is 880. The molecule has 0 spiro atoms. The van der Waals surface area contributed by atoms with Crippen molar-refractivity contribution in [2.45, 2.75) is 38.3 Å². The maximum Gasteiger partial charge on any atom is 0.265 e. The number of likely N-dealkylation sites (N-methyl/N-ethyl adjacent to an activating group) is 1. The number of carbonyl (C=O) groups is 2. The first-order chi connectivity index (χ1) is 14.5. The van der Waals surface area contributed by atoms with E-state index < -0.39 is 6.10 Å². The average Bonchev–Trinajstić information content (AvgIpc) is 3.33. The number of para-hydroxylation sites is 2. The van der Waals surface area contributed by atoms with E-state index in [-0.39, 0.29) is 24.4 Å². The van der Waals surface area contributed by atoms with Crippen LogP contribution in [-0.2, 0) is 9.59 Å². The Morgan fingerprint density at radius 1 is 1.17 bits per heavy atom. The molecule has 0 bridgehead atoms. The third-order valence-electron chi connectivity index (χ3n) is 6.06. The maximum absolute atomic E-state index is 13.1. The number of ether oxygens (including phenoxy) is 1. The number of piperidine rings is 1. The molecule has 1 aromatic carbocycles. The number of rotatable bonds is 5. The first-order valence-corrected chi connectivity index (χ1v) is 11.5. The van der Waals surface area contributed by atoms with Crippen molar-refractivity contribution in [2.24, 2.45) is 0 Å². The van der Waals surface area contributed by atoms with Crippen molar-refractivity contribution in [2.75, 3.05) is 38.1 Å². The topological polar surface area (TPSA) is 53.1 Å². The molecule has 1 saturated heterocycles. The lowest BCUT2D eigenvalue weighted by molar-refractivity contribution is -0.140. The van der Waals surface area contributed by atoms with Gasteiger partial charge in [-0.05, 0) is 49.8 Å². The summed E-state index contributed by atoms with van der Waals surface area (Å²) in [5.74, 6) is 0.722. The minimum atomic E-state index is -0.578. The zero-order valence-electron chi connectivity index (χ0n) is 17.6. The predicted octanol–water partition coefficient (Wildman–Crippen LogP) is 3.55. The zero-order chi connectivity index (χ0) is 21.1. The monoisotopic (exact) mass is 427 g/mol. The van der Waals surface area contributed by atoms with Crippen molar-refractivity contribution >= 4 is 28.8 Å². The highest BCUT2D eigenvalue weighted by molar-refractivity contribution is 7.10. The number of benzene rings is 1. The van der Waals surface area contributed by atoms with Crippen molar-refractivity contribution in [1.29, 1.82) is 0 Å². The van der Waals surface area contributed by atoms with Crippen LogP contribution in [0.4, 0.5) is 5.69 Å². The molecule has 3 heterocycles. The molecule has 0 radical (unpaired) electrons. The van der Waals surface area contributed by atoms with Gasteiger partial charge >= 0.3 is 0 Å². The molecule has 0 N–H and O–H groups in total. The molecule has 2 atom stereocenters. The molecule has 2 amide bonds. The minimum Gasteiger partial charge on any atom is -0.477 e. The fourth-order valence-corrected chi connectivity index (χ4v) is 4.94. The van der Waals surface area contributed by atoms with E-state index in [1.54, 1.807) is 16.2 Å². The van der Waals surface area contributed by atoms with Gasteiger partial charge in [-0.1, -0.05) is 18.2 Å². The van der Waals surface area contributed by atoms with Crippen molar-refractivity contribution in [3.63, 3.8) is 0 Å². The smallest absolute Gasteiger partial charge is 0.265 e. The van der Waals surface area contributed by atoms with Gasteiger partial charge in [0, 0.05) is 25.0 Å². The van der Waals surface area contributed by atoms with Gasteiger partial charge in [0.2, 0.25) is 5.91 Å². The van der Waals surface area contributed by atoms with Crippen molar-refractivity contribution in [1.82, 2.24) is 9.80 Å². The quantitative estimate of drug-likeness (QED) is 0.732. The number of fused-ring (bicyclic) bond motifs is 1. The number of hydrogen-bond acceptors (Lipinski definition) is 5. The Morgan fingerprint density at radius 2 is 1.93 bits per heavy atom. The summed E-state index contributed by atoms with van der Waals surface area (Å²) in [6, 6.07) is 11.7. The lowest BCUT2D eigenvalue weighted by Crippen LogP contribution is -2.53. The summed E-state index contributed by atoms with van der Waals surface area (Å²) < 4.78 is 6.07. The van der Waals surface area contributed by atoms with Crippen molar-refractivity contribution in [3.8, 4) is 5.75 Å². The fraction of sp³-hybridized carbons (Fsp3) is 0.478. The van der Waals surface area contributed by atoms with Gasteiger partial charge in [0.1, 0.15) is 5.75 Å². The maximum atomic E-state index is 13.1. The Kier molecular flexibility index (Phi) is 6.27. The highest BCUT2D eigenvalue weighted by Gasteiger charge is 2.35. The second kappa shape index (κ2) is 9.08. The molecule has 1 aromatic heterocycles. The lowest BCUT2D eigenvalue weighted by atomic mass is 10.1. The molecule has 0 saturated carbocycles. The molecule has 160 valence electrons. The van der Waals surface area contributed by atoms with Crippen molar-refractivity contribution < 1.29 is 14.3 Å². The largest absolute Gasteiger partial charge is 0.477 e. The normalized spacial score (nSPS) is 19.6. The number of anilines is 1. The van der Waals surface area contributed by atoms with Crippen LogP contribution in [0.15, 0.2) is 41.8 Å². The highest BCUT2D eigenvalue weighted by atomic mass is 32.1. The van der Waals surface area contributed by atoms with Gasteiger partial charge in [0.25, 0.3) is 5.91 Å². The number of hydrogen-bond donors (Lipinski definition) is 0. The first-order valence-electron chi connectivity index (χ1n) is 10.6. The van der Waals surface area contributed by atoms with E-state index in [1.807, 2.05) is 59.5 Å². The standard InChI is InChI=1S/C23H29N3O3S/c1-17(21-11-8-14-30-21)24(2)22(27)16-26-15-20(23(28)25-12-6-3-7-13-25)29-19-10-5-4-9-18(19)26/h4-5,8-11,14,17,20H,3,6-7,12-13,15-16H2,1-2H3. The summed E-state index contributed by atoms with van der Waals surface area (Å²) in [5, 5.41) is 2.03. The van der Waals surface area contributed by atoms with Gasteiger partial charge in [0.15, 0.2) is 6.10 Å². The van der Waals surface area contributed by atoms with E-state index in [4.69, 9.17) is 4.74 Å². The molecule has 0 aliphatic carbocycles. The molecule has 2 aliphatic rings. The average molecular weight is 428 g/mol. The molecular weight excluding hydrogens is 398 g/mol. The molecular formula is C23H29N3O3S. The van der Waals surface area contributed by atoms with Crippen LogP contribution in [0, 0.1) is 0 Å². The van der Waals surface area contributed by atoms with E-state index in [0.29, 0.717) is 12.3 Å². The number of carbonyl (C=O) groups excluding carboxylic acids is 2. The van der Waals surface area contributed by atoms with Crippen LogP contribution in [0.3, 0.4) is 0 Å².